The van der Waals surface area contributed by atoms with Crippen molar-refractivity contribution in [2.24, 2.45) is 0 Å². The third-order valence-electron chi connectivity index (χ3n) is 3.92. The van der Waals surface area contributed by atoms with Crippen LogP contribution in [-0.2, 0) is 6.42 Å². The molecule has 1 aliphatic rings. The minimum Gasteiger partial charge on any atom is -0.388 e. The monoisotopic (exact) mass is 271 g/mol. The first-order valence-electron chi connectivity index (χ1n) is 7.01. The van der Waals surface area contributed by atoms with Crippen molar-refractivity contribution in [2.75, 3.05) is 18.0 Å². The number of para-hydroxylation sites is 1. The molecule has 1 atom stereocenters. The van der Waals surface area contributed by atoms with E-state index in [1.165, 1.54) is 17.3 Å². The fraction of sp³-hybridized carbons (Fsp3) is 0.294. The molecule has 104 valence electrons. The van der Waals surface area contributed by atoms with Gasteiger partial charge in [0, 0.05) is 24.3 Å². The smallest absolute Gasteiger partial charge is 0.128 e. The minimum atomic E-state index is -0.746. The lowest BCUT2D eigenvalue weighted by atomic mass is 10.1. The van der Waals surface area contributed by atoms with Crippen molar-refractivity contribution in [3.63, 3.8) is 0 Å². The van der Waals surface area contributed by atoms with Crippen molar-refractivity contribution in [1.82, 2.24) is 0 Å². The summed E-state index contributed by atoms with van der Waals surface area (Å²) in [6.45, 7) is 1.72. The van der Waals surface area contributed by atoms with Gasteiger partial charge in [-0.2, -0.15) is 0 Å². The summed E-state index contributed by atoms with van der Waals surface area (Å²) in [7, 11) is 0. The Hall–Kier alpha value is -1.87. The summed E-state index contributed by atoms with van der Waals surface area (Å²) >= 11 is 0. The standard InChI is InChI=1S/C17H18FNO/c18-15-7-3-2-6-14(15)17(20)10-12-19-11-9-13-5-1-4-8-16(13)19/h1-8,17,20H,9-12H2. The number of halogens is 1. The number of aliphatic hydroxyl groups is 1. The van der Waals surface area contributed by atoms with E-state index < -0.39 is 6.10 Å². The molecule has 20 heavy (non-hydrogen) atoms. The number of nitrogens with zero attached hydrogens (tertiary/aromatic N) is 1. The highest BCUT2D eigenvalue weighted by Gasteiger charge is 2.20. The van der Waals surface area contributed by atoms with Gasteiger partial charge in [-0.15, -0.1) is 0 Å². The number of hydrogen-bond donors (Lipinski definition) is 1. The zero-order chi connectivity index (χ0) is 13.9. The summed E-state index contributed by atoms with van der Waals surface area (Å²) < 4.78 is 13.6. The largest absolute Gasteiger partial charge is 0.388 e. The van der Waals surface area contributed by atoms with E-state index in [4.69, 9.17) is 0 Å². The summed E-state index contributed by atoms with van der Waals surface area (Å²) in [6.07, 6.45) is 0.838. The lowest BCUT2D eigenvalue weighted by Crippen LogP contribution is -2.23. The Morgan fingerprint density at radius 1 is 1.10 bits per heavy atom. The second kappa shape index (κ2) is 5.63. The van der Waals surface area contributed by atoms with Gasteiger partial charge in [0.1, 0.15) is 5.82 Å². The fourth-order valence-corrected chi connectivity index (χ4v) is 2.82. The maximum atomic E-state index is 13.6. The highest BCUT2D eigenvalue weighted by atomic mass is 19.1. The van der Waals surface area contributed by atoms with E-state index in [2.05, 4.69) is 23.1 Å². The van der Waals surface area contributed by atoms with Crippen LogP contribution in [-0.4, -0.2) is 18.2 Å². The van der Waals surface area contributed by atoms with Crippen LogP contribution in [0.3, 0.4) is 0 Å². The Kier molecular flexibility index (Phi) is 3.70. The van der Waals surface area contributed by atoms with Gasteiger partial charge < -0.3 is 10.0 Å². The van der Waals surface area contributed by atoms with E-state index in [9.17, 15) is 9.50 Å². The summed E-state index contributed by atoms with van der Waals surface area (Å²) in [4.78, 5) is 2.26. The number of benzene rings is 2. The van der Waals surface area contributed by atoms with Crippen LogP contribution < -0.4 is 4.90 Å². The summed E-state index contributed by atoms with van der Waals surface area (Å²) in [5.74, 6) is -0.332. The predicted octanol–water partition coefficient (Wildman–Crippen LogP) is 3.31. The Labute approximate surface area is 118 Å². The molecule has 0 fully saturated rings. The molecule has 2 aromatic rings. The number of anilines is 1. The number of rotatable bonds is 4. The van der Waals surface area contributed by atoms with Crippen molar-refractivity contribution in [3.05, 3.63) is 65.5 Å². The highest BCUT2D eigenvalue weighted by Crippen LogP contribution is 2.29. The van der Waals surface area contributed by atoms with E-state index in [1.807, 2.05) is 6.07 Å². The van der Waals surface area contributed by atoms with Gasteiger partial charge in [0.25, 0.3) is 0 Å². The Bertz CT molecular complexity index is 599. The zero-order valence-corrected chi connectivity index (χ0v) is 11.3. The van der Waals surface area contributed by atoms with Gasteiger partial charge in [-0.3, -0.25) is 0 Å². The molecule has 0 bridgehead atoms. The molecule has 0 radical (unpaired) electrons. The first-order chi connectivity index (χ1) is 9.75. The number of hydrogen-bond acceptors (Lipinski definition) is 2. The van der Waals surface area contributed by atoms with E-state index in [0.717, 1.165) is 19.5 Å². The third-order valence-corrected chi connectivity index (χ3v) is 3.92. The molecule has 0 saturated carbocycles. The van der Waals surface area contributed by atoms with Gasteiger partial charge in [0.15, 0.2) is 0 Å². The van der Waals surface area contributed by atoms with Crippen molar-refractivity contribution in [1.29, 1.82) is 0 Å². The Morgan fingerprint density at radius 3 is 2.70 bits per heavy atom. The van der Waals surface area contributed by atoms with Crippen molar-refractivity contribution in [3.8, 4) is 0 Å². The highest BCUT2D eigenvalue weighted by molar-refractivity contribution is 5.57. The molecule has 0 spiro atoms. The van der Waals surface area contributed by atoms with Crippen molar-refractivity contribution >= 4 is 5.69 Å². The molecule has 1 unspecified atom stereocenters. The molecular formula is C17H18FNO. The number of aliphatic hydroxyl groups excluding tert-OH is 1. The van der Waals surface area contributed by atoms with Crippen LogP contribution in [0.4, 0.5) is 10.1 Å². The fourth-order valence-electron chi connectivity index (χ4n) is 2.82. The first-order valence-corrected chi connectivity index (χ1v) is 7.01. The van der Waals surface area contributed by atoms with Crippen LogP contribution in [0.2, 0.25) is 0 Å². The first kappa shape index (κ1) is 13.1. The van der Waals surface area contributed by atoms with Crippen LogP contribution in [0.1, 0.15) is 23.7 Å². The second-order valence-electron chi connectivity index (χ2n) is 5.19. The van der Waals surface area contributed by atoms with E-state index in [-0.39, 0.29) is 5.82 Å². The SMILES string of the molecule is OC(CCN1CCc2ccccc21)c1ccccc1F. The molecule has 1 heterocycles. The van der Waals surface area contributed by atoms with Crippen LogP contribution in [0.15, 0.2) is 48.5 Å². The Morgan fingerprint density at radius 2 is 1.85 bits per heavy atom. The summed E-state index contributed by atoms with van der Waals surface area (Å²) in [6, 6.07) is 14.8. The van der Waals surface area contributed by atoms with Gasteiger partial charge in [-0.25, -0.2) is 4.39 Å². The maximum Gasteiger partial charge on any atom is 0.128 e. The maximum absolute atomic E-state index is 13.6. The van der Waals surface area contributed by atoms with Gasteiger partial charge in [-0.05, 0) is 30.5 Å². The molecule has 0 amide bonds. The summed E-state index contributed by atoms with van der Waals surface area (Å²) in [5, 5.41) is 10.1. The molecule has 1 aliphatic heterocycles. The zero-order valence-electron chi connectivity index (χ0n) is 11.3. The normalized spacial score (nSPS) is 15.2. The van der Waals surface area contributed by atoms with Crippen LogP contribution in [0, 0.1) is 5.82 Å². The van der Waals surface area contributed by atoms with E-state index in [0.29, 0.717) is 12.0 Å². The molecule has 2 aromatic carbocycles. The predicted molar refractivity (Wildman–Crippen MR) is 78.3 cm³/mol. The molecule has 0 aromatic heterocycles. The Balaban J connectivity index is 1.65. The lowest BCUT2D eigenvalue weighted by Gasteiger charge is -2.21. The van der Waals surface area contributed by atoms with Gasteiger partial charge in [0.05, 0.1) is 6.10 Å². The number of fused-ring (bicyclic) bond motifs is 1. The molecule has 3 rings (SSSR count). The van der Waals surface area contributed by atoms with E-state index in [1.54, 1.807) is 18.2 Å². The lowest BCUT2D eigenvalue weighted by molar-refractivity contribution is 0.165. The molecule has 0 aliphatic carbocycles. The quantitative estimate of drug-likeness (QED) is 0.922. The minimum absolute atomic E-state index is 0.332. The van der Waals surface area contributed by atoms with Crippen LogP contribution in [0.25, 0.3) is 0 Å². The van der Waals surface area contributed by atoms with Gasteiger partial charge in [0.2, 0.25) is 0 Å². The van der Waals surface area contributed by atoms with E-state index >= 15 is 0 Å². The van der Waals surface area contributed by atoms with Crippen LogP contribution >= 0.6 is 0 Å². The van der Waals surface area contributed by atoms with Gasteiger partial charge in [-0.1, -0.05) is 36.4 Å². The van der Waals surface area contributed by atoms with Crippen molar-refractivity contribution < 1.29 is 9.50 Å². The van der Waals surface area contributed by atoms with Gasteiger partial charge >= 0.3 is 0 Å². The third kappa shape index (κ3) is 2.54. The molecule has 3 heteroatoms. The molecular weight excluding hydrogens is 253 g/mol. The average molecular weight is 271 g/mol. The van der Waals surface area contributed by atoms with Crippen LogP contribution in [0.5, 0.6) is 0 Å². The molecule has 1 N–H and O–H groups in total. The topological polar surface area (TPSA) is 23.5 Å². The second-order valence-corrected chi connectivity index (χ2v) is 5.19. The summed E-state index contributed by atoms with van der Waals surface area (Å²) in [5.41, 5.74) is 2.99. The average Bonchev–Trinajstić information content (AvgIpc) is 2.88. The van der Waals surface area contributed by atoms with Crippen molar-refractivity contribution in [2.45, 2.75) is 18.9 Å². The molecule has 0 saturated heterocycles. The molecule has 2 nitrogen and oxygen atoms in total.